The summed E-state index contributed by atoms with van der Waals surface area (Å²) in [6.45, 7) is 2.17. The first-order chi connectivity index (χ1) is 12.7. The lowest BCUT2D eigenvalue weighted by atomic mass is 10.1. The van der Waals surface area contributed by atoms with Crippen LogP contribution in [0.3, 0.4) is 0 Å². The molecule has 0 saturated carbocycles. The Bertz CT molecular complexity index is 606. The quantitative estimate of drug-likeness (QED) is 0.585. The van der Waals surface area contributed by atoms with Gasteiger partial charge in [-0.1, -0.05) is 43.7 Å². The summed E-state index contributed by atoms with van der Waals surface area (Å²) in [5.41, 5.74) is 16.2. The van der Waals surface area contributed by atoms with Crippen molar-refractivity contribution in [3.8, 4) is 0 Å². The van der Waals surface area contributed by atoms with Crippen LogP contribution in [0.15, 0.2) is 53.0 Å². The average molecular weight is 425 g/mol. The van der Waals surface area contributed by atoms with Gasteiger partial charge in [-0.05, 0) is 73.7 Å². The zero-order chi connectivity index (χ0) is 20.4. The van der Waals surface area contributed by atoms with Crippen LogP contribution < -0.4 is 22.5 Å². The molecule has 5 nitrogen and oxygen atoms in total. The van der Waals surface area contributed by atoms with Gasteiger partial charge in [-0.15, -0.1) is 0 Å². The smallest absolute Gasteiger partial charge is 0.256 e. The van der Waals surface area contributed by atoms with Crippen molar-refractivity contribution in [1.29, 1.82) is 0 Å². The molecule has 0 aromatic heterocycles. The second-order valence-electron chi connectivity index (χ2n) is 4.69. The molecule has 0 aliphatic rings. The molecule has 0 heterocycles. The maximum Gasteiger partial charge on any atom is 0.256 e. The van der Waals surface area contributed by atoms with Crippen molar-refractivity contribution in [3.63, 3.8) is 0 Å². The summed E-state index contributed by atoms with van der Waals surface area (Å²) in [6, 6.07) is 15.4. The van der Waals surface area contributed by atoms with E-state index in [-0.39, 0.29) is 5.91 Å². The first-order valence-electron chi connectivity index (χ1n) is 8.59. The van der Waals surface area contributed by atoms with Gasteiger partial charge < -0.3 is 22.5 Å². The molecular formula is C20H33BrN4O. The number of carbonyl (C=O) groups excluding carboxylic acids is 1. The molecular weight excluding hydrogens is 392 g/mol. The standard InChI is InChI=1S/C17H18BrNO.3CH5N/c1-2-3-8-13-9-4-7-12-16(13)19-17(20)14-10-5-6-11-15(14)18;3*1-2/h4-7,9-12H,2-3,8H2,1H3,(H,19,20);3*2H2,1H3. The van der Waals surface area contributed by atoms with Crippen molar-refractivity contribution in [2.45, 2.75) is 26.2 Å². The second-order valence-corrected chi connectivity index (χ2v) is 5.55. The minimum atomic E-state index is -0.0820. The average Bonchev–Trinajstić information content (AvgIpc) is 2.72. The van der Waals surface area contributed by atoms with Crippen molar-refractivity contribution in [1.82, 2.24) is 0 Å². The van der Waals surface area contributed by atoms with E-state index < -0.39 is 0 Å². The molecule has 2 rings (SSSR count). The number of carbonyl (C=O) groups is 1. The summed E-state index contributed by atoms with van der Waals surface area (Å²) in [6.07, 6.45) is 3.26. The molecule has 0 saturated heterocycles. The van der Waals surface area contributed by atoms with Crippen LogP contribution in [0.25, 0.3) is 0 Å². The largest absolute Gasteiger partial charge is 0.333 e. The molecule has 0 aliphatic carbocycles. The van der Waals surface area contributed by atoms with E-state index >= 15 is 0 Å². The van der Waals surface area contributed by atoms with E-state index in [0.29, 0.717) is 5.56 Å². The number of nitrogens with one attached hydrogen (secondary N) is 1. The van der Waals surface area contributed by atoms with Gasteiger partial charge in [-0.2, -0.15) is 0 Å². The fourth-order valence-corrected chi connectivity index (χ4v) is 2.53. The summed E-state index contributed by atoms with van der Waals surface area (Å²) in [5, 5.41) is 3.01. The molecule has 0 bridgehead atoms. The van der Waals surface area contributed by atoms with Gasteiger partial charge in [0.15, 0.2) is 0 Å². The summed E-state index contributed by atoms with van der Waals surface area (Å²) < 4.78 is 0.809. The molecule has 0 unspecified atom stereocenters. The van der Waals surface area contributed by atoms with E-state index in [1.54, 1.807) is 0 Å². The summed E-state index contributed by atoms with van der Waals surface area (Å²) in [7, 11) is 4.50. The van der Waals surface area contributed by atoms with Crippen molar-refractivity contribution < 1.29 is 4.79 Å². The maximum absolute atomic E-state index is 12.3. The Morgan fingerprint density at radius 1 is 0.923 bits per heavy atom. The van der Waals surface area contributed by atoms with Crippen molar-refractivity contribution in [2.75, 3.05) is 26.5 Å². The van der Waals surface area contributed by atoms with Crippen LogP contribution >= 0.6 is 15.9 Å². The third-order valence-electron chi connectivity index (χ3n) is 3.18. The van der Waals surface area contributed by atoms with Gasteiger partial charge in [-0.3, -0.25) is 4.79 Å². The highest BCUT2D eigenvalue weighted by Crippen LogP contribution is 2.21. The van der Waals surface area contributed by atoms with Gasteiger partial charge in [0.25, 0.3) is 5.91 Å². The van der Waals surface area contributed by atoms with Crippen LogP contribution in [-0.4, -0.2) is 27.1 Å². The topological polar surface area (TPSA) is 107 Å². The van der Waals surface area contributed by atoms with Crippen molar-refractivity contribution >= 4 is 27.5 Å². The minimum absolute atomic E-state index is 0.0820. The predicted molar refractivity (Wildman–Crippen MR) is 117 cm³/mol. The van der Waals surface area contributed by atoms with Gasteiger partial charge >= 0.3 is 0 Å². The Morgan fingerprint density at radius 3 is 2.04 bits per heavy atom. The van der Waals surface area contributed by atoms with Gasteiger partial charge in [0.1, 0.15) is 0 Å². The molecule has 2 aromatic rings. The van der Waals surface area contributed by atoms with E-state index in [4.69, 9.17) is 0 Å². The number of para-hydroxylation sites is 1. The normalized spacial score (nSPS) is 8.62. The monoisotopic (exact) mass is 424 g/mol. The first-order valence-corrected chi connectivity index (χ1v) is 9.38. The molecule has 146 valence electrons. The van der Waals surface area contributed by atoms with Crippen LogP contribution in [0.1, 0.15) is 35.7 Å². The molecule has 2 aromatic carbocycles. The van der Waals surface area contributed by atoms with Gasteiger partial charge in [-0.25, -0.2) is 0 Å². The predicted octanol–water partition coefficient (Wildman–Crippen LogP) is 3.77. The number of hydrogen-bond donors (Lipinski definition) is 4. The molecule has 0 aliphatic heterocycles. The third-order valence-corrected chi connectivity index (χ3v) is 3.88. The number of unbranched alkanes of at least 4 members (excludes halogenated alkanes) is 1. The molecule has 0 radical (unpaired) electrons. The molecule has 7 N–H and O–H groups in total. The maximum atomic E-state index is 12.3. The Morgan fingerprint density at radius 2 is 1.46 bits per heavy atom. The molecule has 26 heavy (non-hydrogen) atoms. The highest BCUT2D eigenvalue weighted by Gasteiger charge is 2.11. The molecule has 0 spiro atoms. The van der Waals surface area contributed by atoms with E-state index in [9.17, 15) is 4.79 Å². The van der Waals surface area contributed by atoms with Crippen LogP contribution in [0.4, 0.5) is 5.69 Å². The lowest BCUT2D eigenvalue weighted by molar-refractivity contribution is 0.102. The van der Waals surface area contributed by atoms with Crippen molar-refractivity contribution in [2.24, 2.45) is 17.2 Å². The zero-order valence-corrected chi connectivity index (χ0v) is 17.8. The third kappa shape index (κ3) is 9.68. The van der Waals surface area contributed by atoms with E-state index in [1.165, 1.54) is 26.7 Å². The molecule has 1 amide bonds. The minimum Gasteiger partial charge on any atom is -0.333 e. The van der Waals surface area contributed by atoms with Crippen LogP contribution in [0, 0.1) is 0 Å². The lowest BCUT2D eigenvalue weighted by Crippen LogP contribution is -2.13. The zero-order valence-electron chi connectivity index (χ0n) is 16.3. The Labute approximate surface area is 166 Å². The number of halogens is 1. The van der Waals surface area contributed by atoms with E-state index in [0.717, 1.165) is 29.4 Å². The Hall–Kier alpha value is -1.73. The van der Waals surface area contributed by atoms with Crippen molar-refractivity contribution in [3.05, 3.63) is 64.1 Å². The Kier molecular flexibility index (Phi) is 18.4. The van der Waals surface area contributed by atoms with Gasteiger partial charge in [0.05, 0.1) is 5.56 Å². The van der Waals surface area contributed by atoms with Gasteiger partial charge in [0.2, 0.25) is 0 Å². The molecule has 0 atom stereocenters. The number of benzene rings is 2. The van der Waals surface area contributed by atoms with E-state index in [1.807, 2.05) is 42.5 Å². The number of hydrogen-bond acceptors (Lipinski definition) is 4. The number of aryl methyl sites for hydroxylation is 1. The summed E-state index contributed by atoms with van der Waals surface area (Å²) in [4.78, 5) is 12.3. The number of rotatable bonds is 5. The van der Waals surface area contributed by atoms with E-state index in [2.05, 4.69) is 51.4 Å². The second kappa shape index (κ2) is 18.1. The van der Waals surface area contributed by atoms with Crippen LogP contribution in [-0.2, 0) is 6.42 Å². The van der Waals surface area contributed by atoms with Crippen LogP contribution in [0.5, 0.6) is 0 Å². The number of nitrogens with two attached hydrogens (primary N) is 3. The number of amides is 1. The molecule has 0 fully saturated rings. The first kappa shape index (κ1) is 26.5. The summed E-state index contributed by atoms with van der Waals surface area (Å²) in [5.74, 6) is -0.0820. The molecule has 6 heteroatoms. The SMILES string of the molecule is CCCCc1ccccc1NC(=O)c1ccccc1Br.CN.CN.CN. The Balaban J connectivity index is 0. The fourth-order valence-electron chi connectivity index (χ4n) is 2.06. The lowest BCUT2D eigenvalue weighted by Gasteiger charge is -2.11. The van der Waals surface area contributed by atoms with Gasteiger partial charge in [0, 0.05) is 10.2 Å². The summed E-state index contributed by atoms with van der Waals surface area (Å²) >= 11 is 3.41. The fraction of sp³-hybridized carbons (Fsp3) is 0.350. The highest BCUT2D eigenvalue weighted by molar-refractivity contribution is 9.10. The highest BCUT2D eigenvalue weighted by atomic mass is 79.9. The van der Waals surface area contributed by atoms with Crippen LogP contribution in [0.2, 0.25) is 0 Å². The number of anilines is 1.